The van der Waals surface area contributed by atoms with Crippen molar-refractivity contribution in [2.24, 2.45) is 0 Å². The molecule has 0 bridgehead atoms. The van der Waals surface area contributed by atoms with Crippen molar-refractivity contribution in [3.63, 3.8) is 0 Å². The minimum Gasteiger partial charge on any atom is -0.337 e. The smallest absolute Gasteiger partial charge is 0.238 e. The van der Waals surface area contributed by atoms with Gasteiger partial charge in [0.05, 0.1) is 5.02 Å². The number of aromatic nitrogens is 1. The molecule has 0 aliphatic carbocycles. The molecule has 0 aliphatic rings. The number of pyridine rings is 1. The van der Waals surface area contributed by atoms with Gasteiger partial charge in [0.2, 0.25) is 15.7 Å². The molecule has 1 aromatic heterocycles. The van der Waals surface area contributed by atoms with Gasteiger partial charge in [0.1, 0.15) is 5.75 Å². The first-order chi connectivity index (χ1) is 9.16. The lowest BCUT2D eigenvalue weighted by atomic mass is 10.2. The molecule has 1 amide bonds. The lowest BCUT2D eigenvalue weighted by molar-refractivity contribution is -0.131. The summed E-state index contributed by atoms with van der Waals surface area (Å²) in [5, 5.41) is -0.219. The predicted molar refractivity (Wildman–Crippen MR) is 78.4 cm³/mol. The molecule has 112 valence electrons. The second kappa shape index (κ2) is 6.54. The van der Waals surface area contributed by atoms with Crippen LogP contribution in [-0.4, -0.2) is 42.0 Å². The third-order valence-corrected chi connectivity index (χ3v) is 4.69. The highest BCUT2D eigenvalue weighted by molar-refractivity contribution is 7.92. The van der Waals surface area contributed by atoms with Crippen LogP contribution in [0.3, 0.4) is 0 Å². The minimum absolute atomic E-state index is 0.0287. The van der Waals surface area contributed by atoms with E-state index in [2.05, 4.69) is 4.98 Å². The highest BCUT2D eigenvalue weighted by Crippen LogP contribution is 2.20. The molecule has 0 fully saturated rings. The first kappa shape index (κ1) is 16.9. The summed E-state index contributed by atoms with van der Waals surface area (Å²) in [6.45, 7) is 7.38. The Labute approximate surface area is 124 Å². The Bertz CT molecular complexity index is 577. The molecule has 0 radical (unpaired) electrons. The average Bonchev–Trinajstić information content (AvgIpc) is 2.26. The van der Waals surface area contributed by atoms with Crippen LogP contribution in [0, 0.1) is 0 Å². The second-order valence-electron chi connectivity index (χ2n) is 5.04. The maximum Gasteiger partial charge on any atom is 0.238 e. The number of hydrogen-bond donors (Lipinski definition) is 0. The summed E-state index contributed by atoms with van der Waals surface area (Å²) in [5.74, 6) is -1.07. The topological polar surface area (TPSA) is 67.3 Å². The Balaban J connectivity index is 3.03. The van der Waals surface area contributed by atoms with E-state index in [1.807, 2.05) is 27.7 Å². The Morgan fingerprint density at radius 3 is 2.30 bits per heavy atom. The second-order valence-corrected chi connectivity index (χ2v) is 7.35. The van der Waals surface area contributed by atoms with Gasteiger partial charge >= 0.3 is 0 Å². The van der Waals surface area contributed by atoms with Crippen molar-refractivity contribution < 1.29 is 13.2 Å². The molecule has 0 saturated carbocycles. The average molecular weight is 319 g/mol. The minimum atomic E-state index is -3.84. The van der Waals surface area contributed by atoms with E-state index in [-0.39, 0.29) is 22.1 Å². The molecule has 1 aromatic rings. The Hall–Kier alpha value is -1.14. The predicted octanol–water partition coefficient (Wildman–Crippen LogP) is 2.15. The number of halogens is 1. The molecule has 0 spiro atoms. The molecule has 0 N–H and O–H groups in total. The highest BCUT2D eigenvalue weighted by Gasteiger charge is 2.28. The van der Waals surface area contributed by atoms with Crippen molar-refractivity contribution in [1.29, 1.82) is 0 Å². The molecule has 0 unspecified atom stereocenters. The van der Waals surface area contributed by atoms with E-state index in [1.165, 1.54) is 23.2 Å². The zero-order chi connectivity index (χ0) is 15.5. The van der Waals surface area contributed by atoms with Crippen LogP contribution in [-0.2, 0) is 14.6 Å². The number of rotatable bonds is 5. The number of hydrogen-bond acceptors (Lipinski definition) is 4. The zero-order valence-corrected chi connectivity index (χ0v) is 13.6. The van der Waals surface area contributed by atoms with E-state index < -0.39 is 21.5 Å². The van der Waals surface area contributed by atoms with Gasteiger partial charge in [-0.25, -0.2) is 13.4 Å². The van der Waals surface area contributed by atoms with Crippen LogP contribution < -0.4 is 0 Å². The van der Waals surface area contributed by atoms with E-state index in [1.54, 1.807) is 0 Å². The summed E-state index contributed by atoms with van der Waals surface area (Å²) in [5.41, 5.74) is 0. The van der Waals surface area contributed by atoms with Gasteiger partial charge in [-0.3, -0.25) is 4.79 Å². The molecule has 0 atom stereocenters. The number of carbonyl (C=O) groups is 1. The fraction of sp³-hybridized carbons (Fsp3) is 0.538. The highest BCUT2D eigenvalue weighted by atomic mass is 35.5. The van der Waals surface area contributed by atoms with Crippen molar-refractivity contribution in [1.82, 2.24) is 9.88 Å². The van der Waals surface area contributed by atoms with E-state index in [0.29, 0.717) is 0 Å². The molecule has 20 heavy (non-hydrogen) atoms. The van der Waals surface area contributed by atoms with Crippen molar-refractivity contribution in [3.8, 4) is 0 Å². The number of nitrogens with zero attached hydrogens (tertiary/aromatic N) is 2. The summed E-state index contributed by atoms with van der Waals surface area (Å²) in [6, 6.07) is 2.83. The lowest BCUT2D eigenvalue weighted by Crippen LogP contribution is -2.44. The summed E-state index contributed by atoms with van der Waals surface area (Å²) in [6.07, 6.45) is 1.34. The molecular formula is C13H19ClN2O3S. The Morgan fingerprint density at radius 2 is 1.85 bits per heavy atom. The standard InChI is InChI=1S/C13H19ClN2O3S/c1-9(2)16(10(3)4)12(17)8-20(18,19)13-11(14)6-5-7-15-13/h5-7,9-10H,8H2,1-4H3. The van der Waals surface area contributed by atoms with Crippen molar-refractivity contribution in [2.75, 3.05) is 5.75 Å². The quantitative estimate of drug-likeness (QED) is 0.834. The fourth-order valence-corrected chi connectivity index (χ4v) is 3.75. The first-order valence-corrected chi connectivity index (χ1v) is 8.34. The van der Waals surface area contributed by atoms with Crippen molar-refractivity contribution in [3.05, 3.63) is 23.4 Å². The maximum absolute atomic E-state index is 12.2. The summed E-state index contributed by atoms with van der Waals surface area (Å²) >= 11 is 5.83. The van der Waals surface area contributed by atoms with Gasteiger partial charge < -0.3 is 4.90 Å². The van der Waals surface area contributed by atoms with Crippen LogP contribution in [0.2, 0.25) is 5.02 Å². The maximum atomic E-state index is 12.2. The molecule has 1 rings (SSSR count). The Kier molecular flexibility index (Phi) is 5.53. The number of amides is 1. The first-order valence-electron chi connectivity index (χ1n) is 6.31. The van der Waals surface area contributed by atoms with Gasteiger partial charge in [-0.05, 0) is 39.8 Å². The normalized spacial score (nSPS) is 11.9. The molecule has 5 nitrogen and oxygen atoms in total. The summed E-state index contributed by atoms with van der Waals surface area (Å²) in [4.78, 5) is 17.5. The largest absolute Gasteiger partial charge is 0.337 e. The van der Waals surface area contributed by atoms with Gasteiger partial charge in [0, 0.05) is 18.3 Å². The number of carbonyl (C=O) groups excluding carboxylic acids is 1. The third-order valence-electron chi connectivity index (χ3n) is 2.73. The third kappa shape index (κ3) is 3.93. The van der Waals surface area contributed by atoms with Gasteiger partial charge in [-0.1, -0.05) is 11.6 Å². The molecule has 1 heterocycles. The fourth-order valence-electron chi connectivity index (χ4n) is 2.08. The molecule has 0 aliphatic heterocycles. The van der Waals surface area contributed by atoms with Crippen LogP contribution in [0.4, 0.5) is 0 Å². The van der Waals surface area contributed by atoms with Crippen LogP contribution in [0.15, 0.2) is 23.4 Å². The molecular weight excluding hydrogens is 300 g/mol. The van der Waals surface area contributed by atoms with Gasteiger partial charge in [0.15, 0.2) is 5.03 Å². The van der Waals surface area contributed by atoms with Gasteiger partial charge in [0.25, 0.3) is 0 Å². The van der Waals surface area contributed by atoms with E-state index in [4.69, 9.17) is 11.6 Å². The molecule has 7 heteroatoms. The van der Waals surface area contributed by atoms with Crippen LogP contribution >= 0.6 is 11.6 Å². The molecule has 0 aromatic carbocycles. The number of sulfone groups is 1. The molecule has 0 saturated heterocycles. The Morgan fingerprint density at radius 1 is 1.30 bits per heavy atom. The van der Waals surface area contributed by atoms with Gasteiger partial charge in [-0.2, -0.15) is 0 Å². The van der Waals surface area contributed by atoms with Crippen LogP contribution in [0.5, 0.6) is 0 Å². The van der Waals surface area contributed by atoms with Crippen LogP contribution in [0.25, 0.3) is 0 Å². The van der Waals surface area contributed by atoms with Crippen LogP contribution in [0.1, 0.15) is 27.7 Å². The van der Waals surface area contributed by atoms with E-state index in [9.17, 15) is 13.2 Å². The monoisotopic (exact) mass is 318 g/mol. The van der Waals surface area contributed by atoms with E-state index >= 15 is 0 Å². The summed E-state index contributed by atoms with van der Waals surface area (Å²) < 4.78 is 24.4. The SMILES string of the molecule is CC(C)N(C(=O)CS(=O)(=O)c1ncccc1Cl)C(C)C. The van der Waals surface area contributed by atoms with Crippen molar-refractivity contribution in [2.45, 2.75) is 44.8 Å². The zero-order valence-electron chi connectivity index (χ0n) is 12.0. The summed E-state index contributed by atoms with van der Waals surface area (Å²) in [7, 11) is -3.84. The van der Waals surface area contributed by atoms with E-state index in [0.717, 1.165) is 0 Å². The van der Waals surface area contributed by atoms with Crippen molar-refractivity contribution >= 4 is 27.3 Å². The lowest BCUT2D eigenvalue weighted by Gasteiger charge is -2.30. The van der Waals surface area contributed by atoms with Gasteiger partial charge in [-0.15, -0.1) is 0 Å².